The van der Waals surface area contributed by atoms with Gasteiger partial charge in [-0.2, -0.15) is 0 Å². The second kappa shape index (κ2) is 2.91. The van der Waals surface area contributed by atoms with Crippen molar-refractivity contribution in [1.29, 1.82) is 0 Å². The number of ether oxygens (including phenoxy) is 1. The Bertz CT molecular complexity index is 166. The molecule has 0 fully saturated rings. The summed E-state index contributed by atoms with van der Waals surface area (Å²) in [6.07, 6.45) is 1.52. The third-order valence-electron chi connectivity index (χ3n) is 0.853. The molecule has 1 rings (SSSR count). The van der Waals surface area contributed by atoms with Gasteiger partial charge in [0.05, 0.1) is 6.26 Å². The summed E-state index contributed by atoms with van der Waals surface area (Å²) in [5, 5.41) is 0. The topological polar surface area (TPSA) is 39.4 Å². The Hall–Kier alpha value is -1.25. The first-order chi connectivity index (χ1) is 4.43. The van der Waals surface area contributed by atoms with Crippen molar-refractivity contribution >= 4 is 6.47 Å². The highest BCUT2D eigenvalue weighted by Crippen LogP contribution is 1.99. The molecular weight excluding hydrogens is 120 g/mol. The zero-order valence-electron chi connectivity index (χ0n) is 4.66. The van der Waals surface area contributed by atoms with E-state index < -0.39 is 0 Å². The lowest BCUT2D eigenvalue weighted by Crippen LogP contribution is -1.85. The second-order valence-electron chi connectivity index (χ2n) is 1.45. The summed E-state index contributed by atoms with van der Waals surface area (Å²) in [7, 11) is 0. The third-order valence-corrected chi connectivity index (χ3v) is 0.853. The van der Waals surface area contributed by atoms with Gasteiger partial charge in [0.15, 0.2) is 0 Å². The molecule has 1 heterocycles. The lowest BCUT2D eigenvalue weighted by Gasteiger charge is -1.88. The van der Waals surface area contributed by atoms with E-state index in [9.17, 15) is 4.79 Å². The van der Waals surface area contributed by atoms with Crippen molar-refractivity contribution in [3.63, 3.8) is 0 Å². The highest BCUT2D eigenvalue weighted by atomic mass is 16.5. The number of carbonyl (C=O) groups excluding carboxylic acids is 1. The van der Waals surface area contributed by atoms with E-state index in [0.29, 0.717) is 5.76 Å². The average molecular weight is 125 g/mol. The number of furan rings is 1. The predicted octanol–water partition coefficient (Wildman–Crippen LogP) is 0.863. The van der Waals surface area contributed by atoms with Crippen LogP contribution in [0.25, 0.3) is 0 Å². The minimum Gasteiger partial charge on any atom is -0.466 e. The predicted molar refractivity (Wildman–Crippen MR) is 29.2 cm³/mol. The molecular formula is C6H5O3. The van der Waals surface area contributed by atoms with Crippen LogP contribution in [0.15, 0.2) is 22.8 Å². The van der Waals surface area contributed by atoms with Gasteiger partial charge in [0.1, 0.15) is 12.4 Å². The highest BCUT2D eigenvalue weighted by Gasteiger charge is 1.92. The molecule has 0 aliphatic heterocycles. The largest absolute Gasteiger partial charge is 0.466 e. The third kappa shape index (κ3) is 1.60. The van der Waals surface area contributed by atoms with E-state index in [2.05, 4.69) is 4.74 Å². The molecule has 1 aromatic rings. The number of rotatable bonds is 3. The second-order valence-corrected chi connectivity index (χ2v) is 1.45. The lowest BCUT2D eigenvalue weighted by molar-refractivity contribution is 0.239. The number of hydrogen-bond donors (Lipinski definition) is 0. The summed E-state index contributed by atoms with van der Waals surface area (Å²) >= 11 is 0. The first kappa shape index (κ1) is 5.88. The van der Waals surface area contributed by atoms with Gasteiger partial charge < -0.3 is 9.15 Å². The van der Waals surface area contributed by atoms with E-state index in [-0.39, 0.29) is 6.61 Å². The van der Waals surface area contributed by atoms with Gasteiger partial charge in [-0.05, 0) is 12.1 Å². The molecule has 3 heteroatoms. The van der Waals surface area contributed by atoms with Gasteiger partial charge in [0.25, 0.3) is 0 Å². The van der Waals surface area contributed by atoms with E-state index in [0.717, 1.165) is 0 Å². The summed E-state index contributed by atoms with van der Waals surface area (Å²) in [6, 6.07) is 3.45. The number of hydrogen-bond acceptors (Lipinski definition) is 3. The average Bonchev–Trinajstić information content (AvgIpc) is 2.34. The van der Waals surface area contributed by atoms with Gasteiger partial charge in [-0.1, -0.05) is 0 Å². The van der Waals surface area contributed by atoms with Gasteiger partial charge in [0.2, 0.25) is 0 Å². The van der Waals surface area contributed by atoms with Crippen LogP contribution in [0, 0.1) is 0 Å². The monoisotopic (exact) mass is 125 g/mol. The van der Waals surface area contributed by atoms with Crippen LogP contribution in [-0.4, -0.2) is 6.47 Å². The fourth-order valence-corrected chi connectivity index (χ4v) is 0.495. The van der Waals surface area contributed by atoms with E-state index >= 15 is 0 Å². The van der Waals surface area contributed by atoms with Crippen molar-refractivity contribution in [3.05, 3.63) is 24.2 Å². The highest BCUT2D eigenvalue weighted by molar-refractivity contribution is 5.38. The van der Waals surface area contributed by atoms with Crippen LogP contribution >= 0.6 is 0 Å². The van der Waals surface area contributed by atoms with Gasteiger partial charge >= 0.3 is 6.47 Å². The minimum atomic E-state index is 0.163. The Kier molecular flexibility index (Phi) is 1.90. The zero-order valence-corrected chi connectivity index (χ0v) is 4.66. The van der Waals surface area contributed by atoms with Gasteiger partial charge in [-0.3, -0.25) is 0 Å². The molecule has 0 amide bonds. The van der Waals surface area contributed by atoms with Gasteiger partial charge in [0, 0.05) is 0 Å². The van der Waals surface area contributed by atoms with Crippen LogP contribution in [0.1, 0.15) is 5.76 Å². The van der Waals surface area contributed by atoms with Crippen LogP contribution in [-0.2, 0) is 16.1 Å². The molecule has 0 saturated heterocycles. The molecule has 3 nitrogen and oxygen atoms in total. The molecule has 9 heavy (non-hydrogen) atoms. The van der Waals surface area contributed by atoms with E-state index in [1.54, 1.807) is 12.1 Å². The van der Waals surface area contributed by atoms with Crippen molar-refractivity contribution in [2.45, 2.75) is 6.61 Å². The first-order valence-electron chi connectivity index (χ1n) is 2.45. The fraction of sp³-hybridized carbons (Fsp3) is 0.167. The summed E-state index contributed by atoms with van der Waals surface area (Å²) in [6.45, 7) is 1.46. The van der Waals surface area contributed by atoms with Crippen molar-refractivity contribution < 1.29 is 13.9 Å². The molecule has 0 bridgehead atoms. The Labute approximate surface area is 52.2 Å². The molecule has 47 valence electrons. The maximum atomic E-state index is 9.51. The van der Waals surface area contributed by atoms with Crippen LogP contribution in [0.3, 0.4) is 0 Å². The Morgan fingerprint density at radius 2 is 2.67 bits per heavy atom. The molecule has 0 spiro atoms. The van der Waals surface area contributed by atoms with Crippen molar-refractivity contribution in [2.75, 3.05) is 0 Å². The first-order valence-corrected chi connectivity index (χ1v) is 2.45. The normalized spacial score (nSPS) is 8.89. The molecule has 0 atom stereocenters. The van der Waals surface area contributed by atoms with Crippen LogP contribution in [0.4, 0.5) is 0 Å². The summed E-state index contributed by atoms with van der Waals surface area (Å²) in [5.41, 5.74) is 0. The van der Waals surface area contributed by atoms with Gasteiger partial charge in [-0.15, -0.1) is 0 Å². The molecule has 0 N–H and O–H groups in total. The van der Waals surface area contributed by atoms with E-state index in [1.807, 2.05) is 0 Å². The molecule has 0 aromatic carbocycles. The SMILES string of the molecule is O=[C]OCc1ccco1. The zero-order chi connectivity index (χ0) is 6.53. The van der Waals surface area contributed by atoms with E-state index in [4.69, 9.17) is 4.42 Å². The maximum absolute atomic E-state index is 9.51. The van der Waals surface area contributed by atoms with Gasteiger partial charge in [-0.25, -0.2) is 4.79 Å². The minimum absolute atomic E-state index is 0.163. The van der Waals surface area contributed by atoms with Crippen LogP contribution in [0.2, 0.25) is 0 Å². The fourth-order valence-electron chi connectivity index (χ4n) is 0.495. The maximum Gasteiger partial charge on any atom is 0.417 e. The Balaban J connectivity index is 2.38. The smallest absolute Gasteiger partial charge is 0.417 e. The molecule has 1 aromatic heterocycles. The van der Waals surface area contributed by atoms with Crippen molar-refractivity contribution in [1.82, 2.24) is 0 Å². The van der Waals surface area contributed by atoms with Crippen molar-refractivity contribution in [3.8, 4) is 0 Å². The van der Waals surface area contributed by atoms with Crippen LogP contribution in [0.5, 0.6) is 0 Å². The lowest BCUT2D eigenvalue weighted by atomic mass is 10.5. The molecule has 0 aliphatic carbocycles. The van der Waals surface area contributed by atoms with Crippen molar-refractivity contribution in [2.24, 2.45) is 0 Å². The standard InChI is InChI=1S/C6H5O3/c7-5-8-4-6-2-1-3-9-6/h1-3H,4H2. The molecule has 0 aliphatic rings. The van der Waals surface area contributed by atoms with E-state index in [1.165, 1.54) is 12.7 Å². The Morgan fingerprint density at radius 3 is 3.22 bits per heavy atom. The molecule has 1 radical (unpaired) electrons. The quantitative estimate of drug-likeness (QED) is 0.601. The summed E-state index contributed by atoms with van der Waals surface area (Å²) in [4.78, 5) is 9.51. The molecule has 0 saturated carbocycles. The molecule has 0 unspecified atom stereocenters. The Morgan fingerprint density at radius 1 is 1.78 bits per heavy atom. The summed E-state index contributed by atoms with van der Waals surface area (Å²) in [5.74, 6) is 0.623. The summed E-state index contributed by atoms with van der Waals surface area (Å²) < 4.78 is 9.11. The van der Waals surface area contributed by atoms with Crippen LogP contribution < -0.4 is 0 Å².